The highest BCUT2D eigenvalue weighted by Crippen LogP contribution is 2.28. The lowest BCUT2D eigenvalue weighted by Crippen LogP contribution is -2.14. The van der Waals surface area contributed by atoms with Gasteiger partial charge in [0.05, 0.1) is 17.9 Å². The van der Waals surface area contributed by atoms with Crippen LogP contribution in [0, 0.1) is 0 Å². The Morgan fingerprint density at radius 1 is 1.42 bits per heavy atom. The lowest BCUT2D eigenvalue weighted by molar-refractivity contribution is 0.569. The van der Waals surface area contributed by atoms with Gasteiger partial charge in [-0.05, 0) is 6.42 Å². The van der Waals surface area contributed by atoms with Crippen molar-refractivity contribution < 1.29 is 0 Å². The van der Waals surface area contributed by atoms with E-state index in [1.807, 2.05) is 17.1 Å². The molecule has 104 valence electrons. The number of rotatable bonds is 4. The Bertz CT molecular complexity index is 536. The Balaban J connectivity index is 2.18. The van der Waals surface area contributed by atoms with E-state index in [1.165, 1.54) is 0 Å². The molecule has 2 rings (SSSR count). The number of aromatic nitrogens is 3. The van der Waals surface area contributed by atoms with E-state index >= 15 is 0 Å². The normalized spacial score (nSPS) is 13.7. The van der Waals surface area contributed by atoms with E-state index in [2.05, 4.69) is 43.2 Å². The second-order valence-corrected chi connectivity index (χ2v) is 6.73. The van der Waals surface area contributed by atoms with E-state index in [-0.39, 0.29) is 11.5 Å². The zero-order valence-electron chi connectivity index (χ0n) is 12.1. The molecule has 0 spiro atoms. The lowest BCUT2D eigenvalue weighted by Gasteiger charge is -2.14. The molecule has 1 atom stereocenters. The van der Waals surface area contributed by atoms with Crippen LogP contribution in [0.15, 0.2) is 17.8 Å². The van der Waals surface area contributed by atoms with E-state index in [9.17, 15) is 0 Å². The summed E-state index contributed by atoms with van der Waals surface area (Å²) in [6.45, 7) is 9.56. The maximum Gasteiger partial charge on any atom is 0.114 e. The third kappa shape index (κ3) is 3.22. The number of hydrogen-bond donors (Lipinski definition) is 1. The highest BCUT2D eigenvalue weighted by molar-refractivity contribution is 7.09. The first-order valence-corrected chi connectivity index (χ1v) is 7.53. The molecule has 0 saturated heterocycles. The maximum absolute atomic E-state index is 6.28. The van der Waals surface area contributed by atoms with Gasteiger partial charge < -0.3 is 5.73 Å². The number of nitrogens with two attached hydrogens (primary N) is 1. The van der Waals surface area contributed by atoms with E-state index in [0.29, 0.717) is 0 Å². The molecule has 0 aliphatic rings. The fourth-order valence-electron chi connectivity index (χ4n) is 1.81. The SMILES string of the molecule is CCCn1cc(C(N)c2nc(C(C)(C)C)cs2)cn1. The second-order valence-electron chi connectivity index (χ2n) is 5.84. The average molecular weight is 278 g/mol. The molecule has 0 aromatic carbocycles. The minimum absolute atomic E-state index is 0.0703. The van der Waals surface area contributed by atoms with Crippen molar-refractivity contribution in [2.24, 2.45) is 5.73 Å². The summed E-state index contributed by atoms with van der Waals surface area (Å²) in [7, 11) is 0. The Hall–Kier alpha value is -1.20. The minimum atomic E-state index is -0.174. The van der Waals surface area contributed by atoms with Crippen molar-refractivity contribution in [3.8, 4) is 0 Å². The zero-order valence-corrected chi connectivity index (χ0v) is 12.9. The van der Waals surface area contributed by atoms with Gasteiger partial charge in [-0.1, -0.05) is 27.7 Å². The fraction of sp³-hybridized carbons (Fsp3) is 0.571. The number of aryl methyl sites for hydroxylation is 1. The van der Waals surface area contributed by atoms with Gasteiger partial charge >= 0.3 is 0 Å². The second kappa shape index (κ2) is 5.43. The van der Waals surface area contributed by atoms with Gasteiger partial charge in [0, 0.05) is 29.1 Å². The molecule has 19 heavy (non-hydrogen) atoms. The molecular weight excluding hydrogens is 256 g/mol. The fourth-order valence-corrected chi connectivity index (χ4v) is 2.88. The Morgan fingerprint density at radius 3 is 2.74 bits per heavy atom. The summed E-state index contributed by atoms with van der Waals surface area (Å²) in [5.41, 5.74) is 8.48. The minimum Gasteiger partial charge on any atom is -0.318 e. The summed E-state index contributed by atoms with van der Waals surface area (Å²) in [6.07, 6.45) is 4.94. The monoisotopic (exact) mass is 278 g/mol. The van der Waals surface area contributed by atoms with Crippen molar-refractivity contribution in [2.45, 2.75) is 52.1 Å². The van der Waals surface area contributed by atoms with Crippen molar-refractivity contribution in [3.63, 3.8) is 0 Å². The highest BCUT2D eigenvalue weighted by atomic mass is 32.1. The van der Waals surface area contributed by atoms with Gasteiger partial charge in [0.25, 0.3) is 0 Å². The Morgan fingerprint density at radius 2 is 2.16 bits per heavy atom. The van der Waals surface area contributed by atoms with Crippen LogP contribution in [0.25, 0.3) is 0 Å². The van der Waals surface area contributed by atoms with Crippen molar-refractivity contribution in [3.05, 3.63) is 34.0 Å². The van der Waals surface area contributed by atoms with Crippen molar-refractivity contribution in [1.82, 2.24) is 14.8 Å². The van der Waals surface area contributed by atoms with Crippen LogP contribution in [-0.4, -0.2) is 14.8 Å². The van der Waals surface area contributed by atoms with Crippen LogP contribution in [0.1, 0.15) is 56.4 Å². The van der Waals surface area contributed by atoms with Gasteiger partial charge in [-0.15, -0.1) is 11.3 Å². The Kier molecular flexibility index (Phi) is 4.06. The molecule has 0 aliphatic carbocycles. The molecule has 2 aromatic heterocycles. The van der Waals surface area contributed by atoms with Gasteiger partial charge in [-0.2, -0.15) is 5.10 Å². The van der Waals surface area contributed by atoms with Crippen molar-refractivity contribution in [1.29, 1.82) is 0 Å². The van der Waals surface area contributed by atoms with Crippen LogP contribution in [0.2, 0.25) is 0 Å². The Labute approximate surface area is 118 Å². The summed E-state index contributed by atoms with van der Waals surface area (Å²) >= 11 is 1.63. The molecule has 2 heterocycles. The number of hydrogen-bond acceptors (Lipinski definition) is 4. The third-order valence-corrected chi connectivity index (χ3v) is 3.95. The molecule has 4 nitrogen and oxygen atoms in total. The number of nitrogens with zero attached hydrogens (tertiary/aromatic N) is 3. The standard InChI is InChI=1S/C14H22N4S/c1-5-6-18-8-10(7-16-18)12(15)13-17-11(9-19-13)14(2,3)4/h7-9,12H,5-6,15H2,1-4H3. The summed E-state index contributed by atoms with van der Waals surface area (Å²) in [4.78, 5) is 4.67. The molecule has 0 bridgehead atoms. The smallest absolute Gasteiger partial charge is 0.114 e. The molecule has 0 amide bonds. The van der Waals surface area contributed by atoms with Crippen LogP contribution >= 0.6 is 11.3 Å². The van der Waals surface area contributed by atoms with Gasteiger partial charge in [-0.25, -0.2) is 4.98 Å². The third-order valence-electron chi connectivity index (χ3n) is 3.02. The first-order valence-electron chi connectivity index (χ1n) is 6.65. The molecule has 0 radical (unpaired) electrons. The summed E-state index contributed by atoms with van der Waals surface area (Å²) < 4.78 is 1.94. The summed E-state index contributed by atoms with van der Waals surface area (Å²) in [5, 5.41) is 7.38. The topological polar surface area (TPSA) is 56.7 Å². The van der Waals surface area contributed by atoms with E-state index in [4.69, 9.17) is 5.73 Å². The van der Waals surface area contributed by atoms with Crippen molar-refractivity contribution >= 4 is 11.3 Å². The molecule has 1 unspecified atom stereocenters. The molecular formula is C14H22N4S. The predicted molar refractivity (Wildman–Crippen MR) is 79.4 cm³/mol. The summed E-state index contributed by atoms with van der Waals surface area (Å²) in [6, 6.07) is -0.174. The van der Waals surface area contributed by atoms with Gasteiger partial charge in [0.1, 0.15) is 5.01 Å². The largest absolute Gasteiger partial charge is 0.318 e. The zero-order chi connectivity index (χ0) is 14.0. The van der Waals surface area contributed by atoms with Crippen LogP contribution in [0.5, 0.6) is 0 Å². The molecule has 2 N–H and O–H groups in total. The predicted octanol–water partition coefficient (Wildman–Crippen LogP) is 3.10. The molecule has 0 saturated carbocycles. The van der Waals surface area contributed by atoms with Gasteiger partial charge in [0.2, 0.25) is 0 Å². The van der Waals surface area contributed by atoms with E-state index < -0.39 is 0 Å². The molecule has 0 aliphatic heterocycles. The van der Waals surface area contributed by atoms with Crippen LogP contribution < -0.4 is 5.73 Å². The molecule has 2 aromatic rings. The van der Waals surface area contributed by atoms with Crippen molar-refractivity contribution in [2.75, 3.05) is 0 Å². The average Bonchev–Trinajstić information content (AvgIpc) is 2.96. The van der Waals surface area contributed by atoms with Crippen LogP contribution in [0.3, 0.4) is 0 Å². The lowest BCUT2D eigenvalue weighted by atomic mass is 9.93. The van der Waals surface area contributed by atoms with E-state index in [0.717, 1.165) is 29.2 Å². The maximum atomic E-state index is 6.28. The first kappa shape index (κ1) is 14.2. The number of thiazole rings is 1. The summed E-state index contributed by atoms with van der Waals surface area (Å²) in [5.74, 6) is 0. The van der Waals surface area contributed by atoms with Gasteiger partial charge in [-0.3, -0.25) is 4.68 Å². The first-order chi connectivity index (χ1) is 8.91. The highest BCUT2D eigenvalue weighted by Gasteiger charge is 2.21. The van der Waals surface area contributed by atoms with Gasteiger partial charge in [0.15, 0.2) is 0 Å². The van der Waals surface area contributed by atoms with Crippen LogP contribution in [-0.2, 0) is 12.0 Å². The van der Waals surface area contributed by atoms with Crippen LogP contribution in [0.4, 0.5) is 0 Å². The quantitative estimate of drug-likeness (QED) is 0.935. The van der Waals surface area contributed by atoms with E-state index in [1.54, 1.807) is 11.3 Å². The molecule has 0 fully saturated rings. The molecule has 5 heteroatoms.